The number of Topliss-reactive ketones (excluding diaryl/α,β-unsaturated/α-hetero) is 1. The SMILES string of the molecule is COP(=O)(CCC(=O)C1CCCCC1)OC. The second-order valence-electron chi connectivity index (χ2n) is 4.25. The van der Waals surface area contributed by atoms with Gasteiger partial charge in [0.25, 0.3) is 0 Å². The summed E-state index contributed by atoms with van der Waals surface area (Å²) in [6.07, 6.45) is 6.01. The summed E-state index contributed by atoms with van der Waals surface area (Å²) in [5.74, 6) is 0.393. The molecule has 16 heavy (non-hydrogen) atoms. The summed E-state index contributed by atoms with van der Waals surface area (Å²) in [5.41, 5.74) is 0. The van der Waals surface area contributed by atoms with Gasteiger partial charge in [-0.15, -0.1) is 0 Å². The Hall–Kier alpha value is -0.180. The van der Waals surface area contributed by atoms with Gasteiger partial charge >= 0.3 is 7.60 Å². The van der Waals surface area contributed by atoms with E-state index < -0.39 is 7.60 Å². The van der Waals surface area contributed by atoms with Crippen LogP contribution in [0, 0.1) is 5.92 Å². The second-order valence-corrected chi connectivity index (χ2v) is 6.65. The van der Waals surface area contributed by atoms with Crippen molar-refractivity contribution < 1.29 is 18.4 Å². The molecule has 0 aromatic rings. The van der Waals surface area contributed by atoms with Crippen molar-refractivity contribution in [2.24, 2.45) is 5.92 Å². The molecule has 0 unspecified atom stereocenters. The molecule has 1 aliphatic rings. The van der Waals surface area contributed by atoms with Crippen molar-refractivity contribution in [1.82, 2.24) is 0 Å². The predicted molar refractivity (Wildman–Crippen MR) is 62.7 cm³/mol. The highest BCUT2D eigenvalue weighted by atomic mass is 31.2. The minimum Gasteiger partial charge on any atom is -0.312 e. The Labute approximate surface area is 97.2 Å². The highest BCUT2D eigenvalue weighted by molar-refractivity contribution is 7.53. The van der Waals surface area contributed by atoms with E-state index in [1.807, 2.05) is 0 Å². The molecule has 5 heteroatoms. The first-order valence-electron chi connectivity index (χ1n) is 5.84. The molecule has 0 aliphatic heterocycles. The Morgan fingerprint density at radius 3 is 2.25 bits per heavy atom. The Balaban J connectivity index is 2.36. The van der Waals surface area contributed by atoms with Gasteiger partial charge in [-0.1, -0.05) is 19.3 Å². The van der Waals surface area contributed by atoms with Gasteiger partial charge < -0.3 is 9.05 Å². The summed E-state index contributed by atoms with van der Waals surface area (Å²) >= 11 is 0. The summed E-state index contributed by atoms with van der Waals surface area (Å²) in [6.45, 7) is 0. The molecule has 1 saturated carbocycles. The largest absolute Gasteiger partial charge is 0.330 e. The van der Waals surface area contributed by atoms with Crippen molar-refractivity contribution >= 4 is 13.4 Å². The van der Waals surface area contributed by atoms with Gasteiger partial charge in [0.15, 0.2) is 0 Å². The van der Waals surface area contributed by atoms with E-state index in [1.54, 1.807) is 0 Å². The molecule has 0 N–H and O–H groups in total. The molecule has 0 radical (unpaired) electrons. The lowest BCUT2D eigenvalue weighted by molar-refractivity contribution is -0.123. The van der Waals surface area contributed by atoms with Gasteiger partial charge in [0.1, 0.15) is 5.78 Å². The zero-order valence-corrected chi connectivity index (χ0v) is 11.0. The Bertz CT molecular complexity index is 263. The molecular weight excluding hydrogens is 227 g/mol. The van der Waals surface area contributed by atoms with Crippen LogP contribution in [0.1, 0.15) is 38.5 Å². The Morgan fingerprint density at radius 1 is 1.19 bits per heavy atom. The van der Waals surface area contributed by atoms with Crippen LogP contribution in [0.25, 0.3) is 0 Å². The van der Waals surface area contributed by atoms with Gasteiger partial charge in [-0.2, -0.15) is 0 Å². The van der Waals surface area contributed by atoms with Gasteiger partial charge in [-0.3, -0.25) is 9.36 Å². The summed E-state index contributed by atoms with van der Waals surface area (Å²) < 4.78 is 21.4. The van der Waals surface area contributed by atoms with Crippen LogP contribution in [0.15, 0.2) is 0 Å². The fourth-order valence-corrected chi connectivity index (χ4v) is 3.14. The number of rotatable bonds is 6. The molecule has 0 bridgehead atoms. The van der Waals surface area contributed by atoms with E-state index in [9.17, 15) is 9.36 Å². The molecular formula is C11H21O4P. The Kier molecular flexibility index (Phi) is 5.67. The van der Waals surface area contributed by atoms with Gasteiger partial charge in [-0.05, 0) is 12.8 Å². The van der Waals surface area contributed by atoms with Crippen LogP contribution in [-0.4, -0.2) is 26.2 Å². The number of hydrogen-bond donors (Lipinski definition) is 0. The highest BCUT2D eigenvalue weighted by Gasteiger charge is 2.26. The van der Waals surface area contributed by atoms with E-state index in [-0.39, 0.29) is 17.9 Å². The lowest BCUT2D eigenvalue weighted by Crippen LogP contribution is -2.18. The minimum atomic E-state index is -3.01. The van der Waals surface area contributed by atoms with Gasteiger partial charge in [0.2, 0.25) is 0 Å². The molecule has 0 aromatic carbocycles. The monoisotopic (exact) mass is 248 g/mol. The summed E-state index contributed by atoms with van der Waals surface area (Å²) in [6, 6.07) is 0. The standard InChI is InChI=1S/C11H21O4P/c1-14-16(13,15-2)9-8-11(12)10-6-4-3-5-7-10/h10H,3-9H2,1-2H3. The van der Waals surface area contributed by atoms with Crippen LogP contribution in [-0.2, 0) is 18.4 Å². The van der Waals surface area contributed by atoms with E-state index in [1.165, 1.54) is 20.6 Å². The first-order valence-corrected chi connectivity index (χ1v) is 7.57. The molecule has 0 atom stereocenters. The highest BCUT2D eigenvalue weighted by Crippen LogP contribution is 2.47. The van der Waals surface area contributed by atoms with Crippen molar-refractivity contribution in [3.05, 3.63) is 0 Å². The molecule has 0 spiro atoms. The van der Waals surface area contributed by atoms with Gasteiger partial charge in [-0.25, -0.2) is 0 Å². The molecule has 1 aliphatic carbocycles. The topological polar surface area (TPSA) is 52.6 Å². The average molecular weight is 248 g/mol. The van der Waals surface area contributed by atoms with Crippen LogP contribution in [0.3, 0.4) is 0 Å². The molecule has 0 aromatic heterocycles. The van der Waals surface area contributed by atoms with E-state index in [2.05, 4.69) is 0 Å². The maximum absolute atomic E-state index is 11.8. The zero-order valence-electron chi connectivity index (χ0n) is 10.1. The smallest absolute Gasteiger partial charge is 0.312 e. The van der Waals surface area contributed by atoms with Gasteiger partial charge in [0.05, 0.1) is 6.16 Å². The van der Waals surface area contributed by atoms with Gasteiger partial charge in [0, 0.05) is 26.6 Å². The molecule has 1 fully saturated rings. The lowest BCUT2D eigenvalue weighted by Gasteiger charge is -2.21. The van der Waals surface area contributed by atoms with Crippen molar-refractivity contribution in [2.75, 3.05) is 20.4 Å². The van der Waals surface area contributed by atoms with Crippen LogP contribution in [0.4, 0.5) is 0 Å². The average Bonchev–Trinajstić information content (AvgIpc) is 2.36. The number of ketones is 1. The maximum atomic E-state index is 11.8. The molecule has 1 rings (SSSR count). The molecule has 0 heterocycles. The third-order valence-corrected chi connectivity index (χ3v) is 5.13. The van der Waals surface area contributed by atoms with E-state index in [4.69, 9.17) is 9.05 Å². The van der Waals surface area contributed by atoms with Crippen LogP contribution < -0.4 is 0 Å². The minimum absolute atomic E-state index is 0.177. The van der Waals surface area contributed by atoms with Crippen molar-refractivity contribution in [3.63, 3.8) is 0 Å². The lowest BCUT2D eigenvalue weighted by atomic mass is 9.85. The number of carbonyl (C=O) groups excluding carboxylic acids is 1. The predicted octanol–water partition coefficient (Wildman–Crippen LogP) is 3.01. The van der Waals surface area contributed by atoms with E-state index in [0.29, 0.717) is 6.42 Å². The van der Waals surface area contributed by atoms with E-state index >= 15 is 0 Å². The zero-order chi connectivity index (χ0) is 12.0. The fourth-order valence-electron chi connectivity index (χ4n) is 2.13. The third kappa shape index (κ3) is 4.00. The first kappa shape index (κ1) is 13.9. The molecule has 4 nitrogen and oxygen atoms in total. The van der Waals surface area contributed by atoms with Crippen LogP contribution in [0.5, 0.6) is 0 Å². The van der Waals surface area contributed by atoms with Crippen LogP contribution in [0.2, 0.25) is 0 Å². The number of carbonyl (C=O) groups is 1. The summed E-state index contributed by atoms with van der Waals surface area (Å²) in [5, 5.41) is 0. The molecule has 94 valence electrons. The van der Waals surface area contributed by atoms with Crippen molar-refractivity contribution in [2.45, 2.75) is 38.5 Å². The third-order valence-electron chi connectivity index (χ3n) is 3.25. The quantitative estimate of drug-likeness (QED) is 0.678. The van der Waals surface area contributed by atoms with E-state index in [0.717, 1.165) is 25.7 Å². The Morgan fingerprint density at radius 2 is 1.75 bits per heavy atom. The number of hydrogen-bond acceptors (Lipinski definition) is 4. The van der Waals surface area contributed by atoms with Crippen molar-refractivity contribution in [1.29, 1.82) is 0 Å². The summed E-state index contributed by atoms with van der Waals surface area (Å²) in [4.78, 5) is 11.8. The fraction of sp³-hybridized carbons (Fsp3) is 0.909. The van der Waals surface area contributed by atoms with Crippen LogP contribution >= 0.6 is 7.60 Å². The second kappa shape index (κ2) is 6.53. The van der Waals surface area contributed by atoms with Crippen molar-refractivity contribution in [3.8, 4) is 0 Å². The normalized spacial score (nSPS) is 18.6. The molecule has 0 amide bonds. The summed E-state index contributed by atoms with van der Waals surface area (Å²) in [7, 11) is -0.294. The first-order chi connectivity index (χ1) is 7.61. The molecule has 0 saturated heterocycles. The maximum Gasteiger partial charge on any atom is 0.330 e.